The molecule has 1 saturated heterocycles. The molecule has 1 fully saturated rings. The van der Waals surface area contributed by atoms with Crippen LogP contribution < -0.4 is 4.90 Å². The van der Waals surface area contributed by atoms with Gasteiger partial charge in [-0.2, -0.15) is 0 Å². The predicted octanol–water partition coefficient (Wildman–Crippen LogP) is 5.39. The van der Waals surface area contributed by atoms with Crippen molar-refractivity contribution in [3.63, 3.8) is 0 Å². The Morgan fingerprint density at radius 1 is 1.14 bits per heavy atom. The molecule has 1 amide bonds. The lowest BCUT2D eigenvalue weighted by molar-refractivity contribution is -0.117. The lowest BCUT2D eigenvalue weighted by Crippen LogP contribution is -2.24. The van der Waals surface area contributed by atoms with Crippen molar-refractivity contribution in [3.8, 4) is 11.1 Å². The van der Waals surface area contributed by atoms with Crippen LogP contribution in [0.3, 0.4) is 0 Å². The van der Waals surface area contributed by atoms with Crippen LogP contribution in [0, 0.1) is 5.82 Å². The molecule has 1 aliphatic rings. The third kappa shape index (κ3) is 5.90. The van der Waals surface area contributed by atoms with Gasteiger partial charge in [0.2, 0.25) is 0 Å². The fourth-order valence-corrected chi connectivity index (χ4v) is 4.06. The Morgan fingerprint density at radius 3 is 2.54 bits per heavy atom. The maximum atomic E-state index is 15.0. The number of pyridine rings is 1. The van der Waals surface area contributed by atoms with Crippen molar-refractivity contribution in [3.05, 3.63) is 83.9 Å². The van der Waals surface area contributed by atoms with Crippen LogP contribution >= 0.6 is 0 Å². The number of hydrogen-bond acceptors (Lipinski definition) is 6. The summed E-state index contributed by atoms with van der Waals surface area (Å²) in [6, 6.07) is 15.8. The fourth-order valence-electron chi connectivity index (χ4n) is 4.06. The Bertz CT molecular complexity index is 1230. The smallest absolute Gasteiger partial charge is 0.414 e. The molecule has 8 heteroatoms. The number of anilines is 1. The Balaban J connectivity index is 1.41. The van der Waals surface area contributed by atoms with E-state index in [4.69, 9.17) is 4.74 Å². The van der Waals surface area contributed by atoms with E-state index >= 15 is 0 Å². The van der Waals surface area contributed by atoms with Gasteiger partial charge in [0.15, 0.2) is 0 Å². The first kappa shape index (κ1) is 24.1. The summed E-state index contributed by atoms with van der Waals surface area (Å²) in [6.07, 6.45) is 4.38. The molecule has 3 aromatic rings. The maximum Gasteiger partial charge on any atom is 0.414 e. The van der Waals surface area contributed by atoms with Gasteiger partial charge in [-0.25, -0.2) is 9.18 Å². The zero-order chi connectivity index (χ0) is 24.8. The number of rotatable bonds is 9. The number of halogens is 1. The molecule has 1 aliphatic heterocycles. The number of cyclic esters (lactones) is 1. The monoisotopic (exact) mass is 475 g/mol. The number of ketones is 1. The Kier molecular flexibility index (Phi) is 7.50. The van der Waals surface area contributed by atoms with Crippen LogP contribution in [-0.2, 0) is 16.0 Å². The van der Waals surface area contributed by atoms with Gasteiger partial charge < -0.3 is 14.7 Å². The number of benzene rings is 2. The van der Waals surface area contributed by atoms with Crippen molar-refractivity contribution in [1.29, 1.82) is 0 Å². The first-order valence-electron chi connectivity index (χ1n) is 11.4. The van der Waals surface area contributed by atoms with Crippen molar-refractivity contribution in [2.75, 3.05) is 11.4 Å². The topological polar surface area (TPSA) is 92.1 Å². The summed E-state index contributed by atoms with van der Waals surface area (Å²) < 4.78 is 20.3. The minimum atomic E-state index is -0.535. The molecule has 0 bridgehead atoms. The van der Waals surface area contributed by atoms with Gasteiger partial charge in [0.25, 0.3) is 0 Å². The molecule has 0 spiro atoms. The first-order chi connectivity index (χ1) is 16.9. The van der Waals surface area contributed by atoms with Gasteiger partial charge in [0.05, 0.1) is 17.9 Å². The lowest BCUT2D eigenvalue weighted by atomic mass is 9.99. The zero-order valence-corrected chi connectivity index (χ0v) is 19.4. The number of hydrogen-bond donors (Lipinski definition) is 1. The van der Waals surface area contributed by atoms with E-state index in [9.17, 15) is 19.2 Å². The van der Waals surface area contributed by atoms with Gasteiger partial charge >= 0.3 is 6.09 Å². The highest BCUT2D eigenvalue weighted by molar-refractivity contribution is 6.00. The van der Waals surface area contributed by atoms with E-state index in [1.807, 2.05) is 24.3 Å². The van der Waals surface area contributed by atoms with Gasteiger partial charge in [-0.1, -0.05) is 29.4 Å². The van der Waals surface area contributed by atoms with Gasteiger partial charge in [-0.05, 0) is 67.6 Å². The molecule has 2 aromatic carbocycles. The van der Waals surface area contributed by atoms with Crippen LogP contribution in [0.25, 0.3) is 11.1 Å². The van der Waals surface area contributed by atoms with Gasteiger partial charge in [0, 0.05) is 29.9 Å². The van der Waals surface area contributed by atoms with E-state index < -0.39 is 11.9 Å². The van der Waals surface area contributed by atoms with E-state index in [1.165, 1.54) is 17.9 Å². The van der Waals surface area contributed by atoms with Crippen molar-refractivity contribution in [2.45, 2.75) is 38.7 Å². The van der Waals surface area contributed by atoms with Crippen LogP contribution in [0.1, 0.15) is 37.3 Å². The average molecular weight is 476 g/mol. The number of oxime groups is 1. The van der Waals surface area contributed by atoms with Crippen LogP contribution in [0.4, 0.5) is 14.9 Å². The Morgan fingerprint density at radius 2 is 1.89 bits per heavy atom. The Labute approximate surface area is 202 Å². The maximum absolute atomic E-state index is 15.0. The Hall–Kier alpha value is -4.07. The molecule has 0 aliphatic carbocycles. The average Bonchev–Trinajstić information content (AvgIpc) is 3.24. The summed E-state index contributed by atoms with van der Waals surface area (Å²) in [4.78, 5) is 28.8. The second-order valence-corrected chi connectivity index (χ2v) is 8.50. The number of Topliss-reactive ketones (excluding diaryl/α,β-unsaturated/α-hetero) is 1. The molecular formula is C27H26FN3O4. The second kappa shape index (κ2) is 10.9. The van der Waals surface area contributed by atoms with E-state index in [0.717, 1.165) is 11.1 Å². The number of ether oxygens (including phenoxy) is 1. The van der Waals surface area contributed by atoms with Crippen LogP contribution in [0.2, 0.25) is 0 Å². The predicted molar refractivity (Wildman–Crippen MR) is 130 cm³/mol. The summed E-state index contributed by atoms with van der Waals surface area (Å²) in [6.45, 7) is 1.79. The molecule has 1 atom stereocenters. The van der Waals surface area contributed by atoms with Gasteiger partial charge in [-0.15, -0.1) is 0 Å². The van der Waals surface area contributed by atoms with Gasteiger partial charge in [-0.3, -0.25) is 9.88 Å². The fraction of sp³-hybridized carbons (Fsp3) is 0.259. The molecule has 0 unspecified atom stereocenters. The third-order valence-corrected chi connectivity index (χ3v) is 6.01. The molecule has 35 heavy (non-hydrogen) atoms. The van der Waals surface area contributed by atoms with Crippen LogP contribution in [0.15, 0.2) is 72.1 Å². The number of amides is 1. The highest BCUT2D eigenvalue weighted by atomic mass is 19.1. The molecule has 180 valence electrons. The quantitative estimate of drug-likeness (QED) is 0.254. The molecular weight excluding hydrogens is 449 g/mol. The highest BCUT2D eigenvalue weighted by Gasteiger charge is 2.32. The number of nitrogens with zero attached hydrogens (tertiary/aromatic N) is 3. The normalized spacial score (nSPS) is 15.8. The summed E-state index contributed by atoms with van der Waals surface area (Å²) in [5, 5.41) is 12.7. The van der Waals surface area contributed by atoms with Crippen molar-refractivity contribution >= 4 is 23.3 Å². The zero-order valence-electron chi connectivity index (χ0n) is 19.4. The SMILES string of the molecule is CC(=O)CC[C@H]1CN(c2ccc(-c3ccc(CC/C(=N\O)c4ccncc4)cc3)c(F)c2)C(=O)O1. The molecule has 4 rings (SSSR count). The molecule has 1 aromatic heterocycles. The minimum absolute atomic E-state index is 0.0385. The minimum Gasteiger partial charge on any atom is -0.444 e. The first-order valence-corrected chi connectivity index (χ1v) is 11.4. The van der Waals surface area contributed by atoms with E-state index in [-0.39, 0.29) is 18.4 Å². The van der Waals surface area contributed by atoms with Crippen LogP contribution in [-0.4, -0.2) is 40.4 Å². The lowest BCUT2D eigenvalue weighted by Gasteiger charge is -2.14. The molecule has 1 N–H and O–H groups in total. The standard InChI is InChI=1S/C27H26FN3O4/c1-18(32)2-9-23-17-31(27(33)35-23)22-8-10-24(25(28)16-22)20-6-3-19(4-7-20)5-11-26(30-34)21-12-14-29-15-13-21/h3-4,6-8,10,12-16,23,34H,2,5,9,11,17H2,1H3/b30-26+/t23-/m0/s1. The largest absolute Gasteiger partial charge is 0.444 e. The summed E-state index contributed by atoms with van der Waals surface area (Å²) >= 11 is 0. The molecule has 0 saturated carbocycles. The summed E-state index contributed by atoms with van der Waals surface area (Å²) in [5.74, 6) is -0.403. The molecule has 7 nitrogen and oxygen atoms in total. The van der Waals surface area contributed by atoms with E-state index in [0.29, 0.717) is 48.2 Å². The molecule has 2 heterocycles. The van der Waals surface area contributed by atoms with Gasteiger partial charge in [0.1, 0.15) is 17.7 Å². The van der Waals surface area contributed by atoms with E-state index in [1.54, 1.807) is 36.7 Å². The van der Waals surface area contributed by atoms with Crippen LogP contribution in [0.5, 0.6) is 0 Å². The second-order valence-electron chi connectivity index (χ2n) is 8.50. The molecule has 0 radical (unpaired) electrons. The third-order valence-electron chi connectivity index (χ3n) is 6.01. The number of aryl methyl sites for hydroxylation is 1. The van der Waals surface area contributed by atoms with E-state index in [2.05, 4.69) is 10.1 Å². The van der Waals surface area contributed by atoms with Crippen molar-refractivity contribution in [1.82, 2.24) is 4.98 Å². The number of carbonyl (C=O) groups is 2. The highest BCUT2D eigenvalue weighted by Crippen LogP contribution is 2.30. The summed E-state index contributed by atoms with van der Waals surface area (Å²) in [5.41, 5.74) is 3.97. The van der Waals surface area contributed by atoms with Crippen molar-refractivity contribution < 1.29 is 23.9 Å². The van der Waals surface area contributed by atoms with Crippen molar-refractivity contribution in [2.24, 2.45) is 5.16 Å². The number of aromatic nitrogens is 1. The number of carbonyl (C=O) groups excluding carboxylic acids is 2. The summed E-state index contributed by atoms with van der Waals surface area (Å²) in [7, 11) is 0.